The zero-order valence-electron chi connectivity index (χ0n) is 11.1. The number of nitrogens with one attached hydrogen (secondary N) is 1. The molecule has 0 spiro atoms. The van der Waals surface area contributed by atoms with E-state index in [2.05, 4.69) is 17.3 Å². The quantitative estimate of drug-likeness (QED) is 0.858. The molecule has 2 N–H and O–H groups in total. The lowest BCUT2D eigenvalue weighted by Gasteiger charge is -2.34. The highest BCUT2D eigenvalue weighted by molar-refractivity contribution is 5.88. The molecule has 18 heavy (non-hydrogen) atoms. The fraction of sp³-hybridized carbons (Fsp3) is 0.692. The van der Waals surface area contributed by atoms with Crippen LogP contribution in [0.15, 0.2) is 6.20 Å². The van der Waals surface area contributed by atoms with Gasteiger partial charge in [0, 0.05) is 19.1 Å². The van der Waals surface area contributed by atoms with E-state index in [9.17, 15) is 4.79 Å². The zero-order chi connectivity index (χ0) is 13.2. The van der Waals surface area contributed by atoms with E-state index in [4.69, 9.17) is 5.11 Å². The lowest BCUT2D eigenvalue weighted by Crippen LogP contribution is -2.43. The Hall–Kier alpha value is -1.36. The topological polar surface area (TPSA) is 67.2 Å². The zero-order valence-corrected chi connectivity index (χ0v) is 11.1. The van der Waals surface area contributed by atoms with Crippen molar-refractivity contribution in [2.45, 2.75) is 51.1 Å². The molecule has 0 aliphatic heterocycles. The Morgan fingerprint density at radius 3 is 2.78 bits per heavy atom. The molecule has 5 heteroatoms. The second kappa shape index (κ2) is 5.10. The third-order valence-electron chi connectivity index (χ3n) is 3.93. The average molecular weight is 251 g/mol. The molecule has 0 unspecified atom stereocenters. The van der Waals surface area contributed by atoms with Gasteiger partial charge in [-0.3, -0.25) is 4.68 Å². The number of carboxylic acid groups (broad SMARTS) is 1. The van der Waals surface area contributed by atoms with Gasteiger partial charge < -0.3 is 10.4 Å². The first kappa shape index (κ1) is 13.1. The van der Waals surface area contributed by atoms with Gasteiger partial charge in [0.1, 0.15) is 5.56 Å². The molecule has 0 radical (unpaired) electrons. The normalized spacial score (nSPS) is 18.8. The van der Waals surface area contributed by atoms with Gasteiger partial charge in [-0.05, 0) is 19.8 Å². The highest BCUT2D eigenvalue weighted by Gasteiger charge is 2.27. The van der Waals surface area contributed by atoms with E-state index in [0.717, 1.165) is 18.5 Å². The number of aromatic nitrogens is 2. The summed E-state index contributed by atoms with van der Waals surface area (Å²) in [5.41, 5.74) is 1.18. The summed E-state index contributed by atoms with van der Waals surface area (Å²) in [5.74, 6) is -0.909. The van der Waals surface area contributed by atoms with Gasteiger partial charge in [-0.2, -0.15) is 5.10 Å². The lowest BCUT2D eigenvalue weighted by atomic mass is 9.83. The van der Waals surface area contributed by atoms with E-state index < -0.39 is 5.97 Å². The van der Waals surface area contributed by atoms with Crippen molar-refractivity contribution in [1.82, 2.24) is 15.1 Å². The Labute approximate surface area is 107 Å². The summed E-state index contributed by atoms with van der Waals surface area (Å²) in [6.07, 6.45) is 7.55. The van der Waals surface area contributed by atoms with Crippen LogP contribution in [0.1, 0.15) is 55.1 Å². The number of nitrogens with zero attached hydrogens (tertiary/aromatic N) is 2. The Balaban J connectivity index is 2.05. The van der Waals surface area contributed by atoms with E-state index in [-0.39, 0.29) is 5.54 Å². The minimum Gasteiger partial charge on any atom is -0.478 e. The monoisotopic (exact) mass is 251 g/mol. The number of rotatable bonds is 4. The molecule has 100 valence electrons. The van der Waals surface area contributed by atoms with Crippen LogP contribution in [-0.2, 0) is 13.6 Å². The van der Waals surface area contributed by atoms with E-state index in [1.165, 1.54) is 25.5 Å². The molecule has 0 aromatic carbocycles. The molecule has 1 saturated carbocycles. The van der Waals surface area contributed by atoms with Gasteiger partial charge in [0.2, 0.25) is 0 Å². The van der Waals surface area contributed by atoms with Gasteiger partial charge >= 0.3 is 5.97 Å². The molecule has 1 aromatic heterocycles. The van der Waals surface area contributed by atoms with Crippen LogP contribution >= 0.6 is 0 Å². The first-order valence-electron chi connectivity index (χ1n) is 6.51. The standard InChI is InChI=1S/C13H21N3O2/c1-13(6-4-3-5-7-13)14-9-11-10(12(17)18)8-15-16(11)2/h8,14H,3-7,9H2,1-2H3,(H,17,18). The van der Waals surface area contributed by atoms with Crippen LogP contribution in [0.25, 0.3) is 0 Å². The molecule has 1 aromatic rings. The molecule has 1 aliphatic rings. The summed E-state index contributed by atoms with van der Waals surface area (Å²) in [4.78, 5) is 11.1. The Kier molecular flexibility index (Phi) is 3.71. The average Bonchev–Trinajstić information content (AvgIpc) is 2.69. The van der Waals surface area contributed by atoms with Crippen molar-refractivity contribution in [3.05, 3.63) is 17.5 Å². The third kappa shape index (κ3) is 2.72. The summed E-state index contributed by atoms with van der Waals surface area (Å²) < 4.78 is 1.64. The number of aromatic carboxylic acids is 1. The third-order valence-corrected chi connectivity index (χ3v) is 3.93. The molecule has 0 amide bonds. The number of hydrogen-bond acceptors (Lipinski definition) is 3. The minimum absolute atomic E-state index is 0.137. The molecular weight excluding hydrogens is 230 g/mol. The maximum absolute atomic E-state index is 11.1. The van der Waals surface area contributed by atoms with Crippen LogP contribution in [0.2, 0.25) is 0 Å². The Morgan fingerprint density at radius 2 is 2.17 bits per heavy atom. The van der Waals surface area contributed by atoms with E-state index in [0.29, 0.717) is 12.1 Å². The van der Waals surface area contributed by atoms with Crippen molar-refractivity contribution in [1.29, 1.82) is 0 Å². The van der Waals surface area contributed by atoms with Gasteiger partial charge in [-0.15, -0.1) is 0 Å². The van der Waals surface area contributed by atoms with Crippen LogP contribution in [0.4, 0.5) is 0 Å². The van der Waals surface area contributed by atoms with Gasteiger partial charge in [0.25, 0.3) is 0 Å². The van der Waals surface area contributed by atoms with Crippen LogP contribution in [-0.4, -0.2) is 26.4 Å². The van der Waals surface area contributed by atoms with Crippen molar-refractivity contribution in [3.8, 4) is 0 Å². The van der Waals surface area contributed by atoms with Gasteiger partial charge in [0.15, 0.2) is 0 Å². The largest absolute Gasteiger partial charge is 0.478 e. The van der Waals surface area contributed by atoms with Crippen molar-refractivity contribution in [3.63, 3.8) is 0 Å². The fourth-order valence-electron chi connectivity index (χ4n) is 2.66. The number of hydrogen-bond donors (Lipinski definition) is 2. The molecule has 0 saturated heterocycles. The molecule has 1 heterocycles. The van der Waals surface area contributed by atoms with Crippen LogP contribution in [0, 0.1) is 0 Å². The number of carbonyl (C=O) groups is 1. The molecule has 0 atom stereocenters. The summed E-state index contributed by atoms with van der Waals surface area (Å²) in [6, 6.07) is 0. The van der Waals surface area contributed by atoms with Crippen LogP contribution < -0.4 is 5.32 Å². The smallest absolute Gasteiger partial charge is 0.339 e. The Morgan fingerprint density at radius 1 is 1.50 bits per heavy atom. The van der Waals surface area contributed by atoms with E-state index >= 15 is 0 Å². The summed E-state index contributed by atoms with van der Waals surface area (Å²) >= 11 is 0. The van der Waals surface area contributed by atoms with Crippen molar-refractivity contribution in [2.75, 3.05) is 0 Å². The van der Waals surface area contributed by atoms with Crippen molar-refractivity contribution < 1.29 is 9.90 Å². The molecule has 0 bridgehead atoms. The summed E-state index contributed by atoms with van der Waals surface area (Å²) in [6.45, 7) is 2.79. The first-order chi connectivity index (χ1) is 8.52. The van der Waals surface area contributed by atoms with Crippen molar-refractivity contribution in [2.24, 2.45) is 7.05 Å². The minimum atomic E-state index is -0.909. The highest BCUT2D eigenvalue weighted by atomic mass is 16.4. The summed E-state index contributed by atoms with van der Waals surface area (Å²) in [5, 5.41) is 16.6. The van der Waals surface area contributed by atoms with Gasteiger partial charge in [-0.1, -0.05) is 19.3 Å². The van der Waals surface area contributed by atoms with Crippen molar-refractivity contribution >= 4 is 5.97 Å². The second-order valence-electron chi connectivity index (χ2n) is 5.41. The lowest BCUT2D eigenvalue weighted by molar-refractivity contribution is 0.0695. The highest BCUT2D eigenvalue weighted by Crippen LogP contribution is 2.28. The molecule has 1 fully saturated rings. The predicted octanol–water partition coefficient (Wildman–Crippen LogP) is 1.93. The predicted molar refractivity (Wildman–Crippen MR) is 68.5 cm³/mol. The molecular formula is C13H21N3O2. The van der Waals surface area contributed by atoms with Gasteiger partial charge in [-0.25, -0.2) is 4.79 Å². The summed E-state index contributed by atoms with van der Waals surface area (Å²) in [7, 11) is 1.78. The second-order valence-corrected chi connectivity index (χ2v) is 5.41. The van der Waals surface area contributed by atoms with E-state index in [1.807, 2.05) is 0 Å². The molecule has 5 nitrogen and oxygen atoms in total. The first-order valence-corrected chi connectivity index (χ1v) is 6.51. The molecule has 1 aliphatic carbocycles. The number of carboxylic acids is 1. The van der Waals surface area contributed by atoms with Gasteiger partial charge in [0.05, 0.1) is 11.9 Å². The SMILES string of the molecule is Cn1ncc(C(=O)O)c1CNC1(C)CCCCC1. The fourth-order valence-corrected chi connectivity index (χ4v) is 2.66. The maximum atomic E-state index is 11.1. The number of aryl methyl sites for hydroxylation is 1. The Bertz CT molecular complexity index is 433. The van der Waals surface area contributed by atoms with Crippen LogP contribution in [0.3, 0.4) is 0 Å². The van der Waals surface area contributed by atoms with Crippen LogP contribution in [0.5, 0.6) is 0 Å². The maximum Gasteiger partial charge on any atom is 0.339 e. The molecule has 2 rings (SSSR count). The van der Waals surface area contributed by atoms with E-state index in [1.54, 1.807) is 11.7 Å².